The van der Waals surface area contributed by atoms with Crippen molar-refractivity contribution in [1.82, 2.24) is 5.32 Å². The SMILES string of the molecule is CC1CCC(C(C)C2CC(C)NC(N)C2)C1. The van der Waals surface area contributed by atoms with Crippen molar-refractivity contribution >= 4 is 0 Å². The van der Waals surface area contributed by atoms with Gasteiger partial charge in [0.25, 0.3) is 0 Å². The third-order valence-corrected chi connectivity index (χ3v) is 4.93. The van der Waals surface area contributed by atoms with Gasteiger partial charge in [-0.1, -0.05) is 20.3 Å². The summed E-state index contributed by atoms with van der Waals surface area (Å²) in [6.45, 7) is 7.15. The molecule has 2 heteroatoms. The van der Waals surface area contributed by atoms with E-state index in [0.29, 0.717) is 6.04 Å². The van der Waals surface area contributed by atoms with Crippen LogP contribution in [0.25, 0.3) is 0 Å². The molecule has 0 bridgehead atoms. The fourth-order valence-corrected chi connectivity index (χ4v) is 3.92. The molecule has 0 aromatic rings. The van der Waals surface area contributed by atoms with Crippen LogP contribution in [0.15, 0.2) is 0 Å². The third-order valence-electron chi connectivity index (χ3n) is 4.93. The third kappa shape index (κ3) is 2.78. The Bertz CT molecular complexity index is 219. The van der Waals surface area contributed by atoms with Crippen molar-refractivity contribution in [3.8, 4) is 0 Å². The molecule has 1 aliphatic heterocycles. The highest BCUT2D eigenvalue weighted by Crippen LogP contribution is 2.41. The van der Waals surface area contributed by atoms with E-state index >= 15 is 0 Å². The normalized spacial score (nSPS) is 46.9. The second-order valence-corrected chi connectivity index (χ2v) is 6.44. The summed E-state index contributed by atoms with van der Waals surface area (Å²) in [5, 5.41) is 3.44. The molecule has 0 radical (unpaired) electrons. The van der Waals surface area contributed by atoms with E-state index in [0.717, 1.165) is 23.7 Å². The molecule has 6 unspecified atom stereocenters. The molecule has 3 N–H and O–H groups in total. The van der Waals surface area contributed by atoms with Gasteiger partial charge in [-0.2, -0.15) is 0 Å². The average Bonchev–Trinajstić information content (AvgIpc) is 2.62. The molecular formula is C14H28N2. The molecule has 0 aromatic heterocycles. The second kappa shape index (κ2) is 5.05. The van der Waals surface area contributed by atoms with Crippen LogP contribution in [-0.2, 0) is 0 Å². The van der Waals surface area contributed by atoms with Crippen LogP contribution in [0.4, 0.5) is 0 Å². The Morgan fingerprint density at radius 3 is 2.38 bits per heavy atom. The van der Waals surface area contributed by atoms with Crippen molar-refractivity contribution in [2.24, 2.45) is 29.4 Å². The largest absolute Gasteiger partial charge is 0.316 e. The lowest BCUT2D eigenvalue weighted by molar-refractivity contribution is 0.153. The zero-order valence-corrected chi connectivity index (χ0v) is 11.1. The zero-order chi connectivity index (χ0) is 11.7. The van der Waals surface area contributed by atoms with Crippen LogP contribution in [0.5, 0.6) is 0 Å². The first-order chi connectivity index (χ1) is 7.56. The van der Waals surface area contributed by atoms with E-state index in [1.807, 2.05) is 0 Å². The Hall–Kier alpha value is -0.0800. The Kier molecular flexibility index (Phi) is 3.91. The number of piperidine rings is 1. The van der Waals surface area contributed by atoms with Gasteiger partial charge < -0.3 is 5.73 Å². The molecule has 1 aliphatic carbocycles. The van der Waals surface area contributed by atoms with E-state index in [2.05, 4.69) is 26.1 Å². The van der Waals surface area contributed by atoms with Crippen LogP contribution < -0.4 is 11.1 Å². The monoisotopic (exact) mass is 224 g/mol. The first-order valence-electron chi connectivity index (χ1n) is 7.08. The van der Waals surface area contributed by atoms with Gasteiger partial charge in [-0.25, -0.2) is 0 Å². The summed E-state index contributed by atoms with van der Waals surface area (Å²) in [5.41, 5.74) is 6.07. The quantitative estimate of drug-likeness (QED) is 0.757. The summed E-state index contributed by atoms with van der Waals surface area (Å²) in [4.78, 5) is 0. The Morgan fingerprint density at radius 2 is 1.81 bits per heavy atom. The maximum atomic E-state index is 6.07. The molecule has 0 aromatic carbocycles. The minimum absolute atomic E-state index is 0.232. The summed E-state index contributed by atoms with van der Waals surface area (Å²) in [6.07, 6.45) is 7.08. The Labute approximate surface area is 100 Å². The predicted molar refractivity (Wildman–Crippen MR) is 69.0 cm³/mol. The highest BCUT2D eigenvalue weighted by Gasteiger charge is 2.34. The summed E-state index contributed by atoms with van der Waals surface area (Å²) >= 11 is 0. The first kappa shape index (κ1) is 12.4. The smallest absolute Gasteiger partial charge is 0.0551 e. The fourth-order valence-electron chi connectivity index (χ4n) is 3.92. The van der Waals surface area contributed by atoms with Crippen LogP contribution in [0, 0.1) is 23.7 Å². The summed E-state index contributed by atoms with van der Waals surface area (Å²) in [5.74, 6) is 3.65. The number of hydrogen-bond donors (Lipinski definition) is 2. The number of nitrogens with two attached hydrogens (primary N) is 1. The van der Waals surface area contributed by atoms with E-state index in [1.54, 1.807) is 0 Å². The van der Waals surface area contributed by atoms with Crippen molar-refractivity contribution in [2.75, 3.05) is 0 Å². The van der Waals surface area contributed by atoms with E-state index in [9.17, 15) is 0 Å². The first-order valence-corrected chi connectivity index (χ1v) is 7.08. The molecule has 0 spiro atoms. The molecule has 94 valence electrons. The molecule has 1 heterocycles. The maximum Gasteiger partial charge on any atom is 0.0551 e. The summed E-state index contributed by atoms with van der Waals surface area (Å²) in [7, 11) is 0. The molecule has 0 amide bonds. The van der Waals surface area contributed by atoms with Crippen molar-refractivity contribution < 1.29 is 0 Å². The average molecular weight is 224 g/mol. The van der Waals surface area contributed by atoms with Crippen LogP contribution in [0.3, 0.4) is 0 Å². The molecule has 2 rings (SSSR count). The van der Waals surface area contributed by atoms with Crippen LogP contribution in [-0.4, -0.2) is 12.2 Å². The highest BCUT2D eigenvalue weighted by molar-refractivity contribution is 4.87. The van der Waals surface area contributed by atoms with E-state index in [1.165, 1.54) is 32.1 Å². The Balaban J connectivity index is 1.90. The topological polar surface area (TPSA) is 38.0 Å². The van der Waals surface area contributed by atoms with E-state index in [-0.39, 0.29) is 6.17 Å². The van der Waals surface area contributed by atoms with Gasteiger partial charge >= 0.3 is 0 Å². The lowest BCUT2D eigenvalue weighted by atomic mass is 9.75. The maximum absolute atomic E-state index is 6.07. The summed E-state index contributed by atoms with van der Waals surface area (Å²) < 4.78 is 0. The number of hydrogen-bond acceptors (Lipinski definition) is 2. The van der Waals surface area contributed by atoms with Gasteiger partial charge in [0.05, 0.1) is 6.17 Å². The second-order valence-electron chi connectivity index (χ2n) is 6.44. The molecule has 2 aliphatic rings. The molecular weight excluding hydrogens is 196 g/mol. The molecule has 2 nitrogen and oxygen atoms in total. The highest BCUT2D eigenvalue weighted by atomic mass is 15.1. The van der Waals surface area contributed by atoms with Gasteiger partial charge in [0.15, 0.2) is 0 Å². The zero-order valence-electron chi connectivity index (χ0n) is 11.1. The van der Waals surface area contributed by atoms with Gasteiger partial charge in [-0.3, -0.25) is 5.32 Å². The van der Waals surface area contributed by atoms with E-state index in [4.69, 9.17) is 5.73 Å². The molecule has 1 saturated heterocycles. The van der Waals surface area contributed by atoms with Gasteiger partial charge in [-0.15, -0.1) is 0 Å². The van der Waals surface area contributed by atoms with Crippen LogP contribution in [0.2, 0.25) is 0 Å². The minimum Gasteiger partial charge on any atom is -0.316 e. The van der Waals surface area contributed by atoms with Gasteiger partial charge in [0.1, 0.15) is 0 Å². The lowest BCUT2D eigenvalue weighted by Gasteiger charge is -2.38. The molecule has 6 atom stereocenters. The number of nitrogens with one attached hydrogen (secondary N) is 1. The minimum atomic E-state index is 0.232. The van der Waals surface area contributed by atoms with Gasteiger partial charge in [0, 0.05) is 6.04 Å². The van der Waals surface area contributed by atoms with Crippen molar-refractivity contribution in [3.63, 3.8) is 0 Å². The van der Waals surface area contributed by atoms with E-state index < -0.39 is 0 Å². The molecule has 1 saturated carbocycles. The molecule has 2 fully saturated rings. The predicted octanol–water partition coefficient (Wildman–Crippen LogP) is 2.73. The van der Waals surface area contributed by atoms with Crippen molar-refractivity contribution in [3.05, 3.63) is 0 Å². The van der Waals surface area contributed by atoms with Gasteiger partial charge in [-0.05, 0) is 56.3 Å². The van der Waals surface area contributed by atoms with Crippen LogP contribution >= 0.6 is 0 Å². The summed E-state index contributed by atoms with van der Waals surface area (Å²) in [6, 6.07) is 0.607. The van der Waals surface area contributed by atoms with Crippen molar-refractivity contribution in [1.29, 1.82) is 0 Å². The molecule has 16 heavy (non-hydrogen) atoms. The van der Waals surface area contributed by atoms with Gasteiger partial charge in [0.2, 0.25) is 0 Å². The Morgan fingerprint density at radius 1 is 1.06 bits per heavy atom. The standard InChI is InChI=1S/C14H28N2/c1-9-4-5-12(6-9)11(3)13-7-10(2)16-14(15)8-13/h9-14,16H,4-8,15H2,1-3H3. The van der Waals surface area contributed by atoms with Crippen LogP contribution in [0.1, 0.15) is 52.9 Å². The number of rotatable bonds is 2. The fraction of sp³-hybridized carbons (Fsp3) is 1.00. The lowest BCUT2D eigenvalue weighted by Crippen LogP contribution is -2.50. The van der Waals surface area contributed by atoms with Crippen molar-refractivity contribution in [2.45, 2.75) is 65.1 Å².